The summed E-state index contributed by atoms with van der Waals surface area (Å²) in [5.74, 6) is 8.32. The Bertz CT molecular complexity index is 868. The van der Waals surface area contributed by atoms with E-state index in [1.807, 2.05) is 5.57 Å². The molecule has 0 saturated heterocycles. The van der Waals surface area contributed by atoms with Crippen LogP contribution in [0.1, 0.15) is 117 Å². The summed E-state index contributed by atoms with van der Waals surface area (Å²) in [5.41, 5.74) is 6.01. The maximum atomic E-state index is 5.86. The summed E-state index contributed by atoms with van der Waals surface area (Å²) < 4.78 is 0. The fourth-order valence-electron chi connectivity index (χ4n) is 11.6. The van der Waals surface area contributed by atoms with E-state index in [-0.39, 0.29) is 0 Å². The highest BCUT2D eigenvalue weighted by atomic mass is 14.9. The van der Waals surface area contributed by atoms with Gasteiger partial charge in [-0.3, -0.25) is 4.99 Å². The van der Waals surface area contributed by atoms with Gasteiger partial charge in [0.15, 0.2) is 0 Å². The van der Waals surface area contributed by atoms with Gasteiger partial charge in [-0.2, -0.15) is 0 Å². The third-order valence-electron chi connectivity index (χ3n) is 13.0. The molecular weight excluding hydrogens is 409 g/mol. The predicted octanol–water partition coefficient (Wildman–Crippen LogP) is 7.81. The van der Waals surface area contributed by atoms with E-state index in [0.717, 1.165) is 53.2 Å². The lowest BCUT2D eigenvalue weighted by Crippen LogP contribution is -2.47. The molecule has 6 saturated carbocycles. The Morgan fingerprint density at radius 3 is 2.24 bits per heavy atom. The summed E-state index contributed by atoms with van der Waals surface area (Å²) in [6.45, 7) is 5.36. The molecule has 0 bridgehead atoms. The van der Waals surface area contributed by atoms with E-state index in [1.54, 1.807) is 5.71 Å². The molecule has 0 aromatic rings. The van der Waals surface area contributed by atoms with Crippen molar-refractivity contribution in [3.05, 3.63) is 11.1 Å². The standard InChI is InChI=1S/C32H50BN/c1-32(2)25-14-8-7-13-24(25)31-30(32)29(23-16-17-26(33)22-12-6-5-11-21(22)23)28-20-10-4-3-9-19(20)15-18-27(28)34-31/h19-28H,3-18,33H2,1-2H3. The minimum Gasteiger partial charge on any atom is -0.285 e. The van der Waals surface area contributed by atoms with Crippen molar-refractivity contribution in [3.8, 4) is 0 Å². The monoisotopic (exact) mass is 459 g/mol. The highest BCUT2D eigenvalue weighted by Gasteiger charge is 2.58. The lowest BCUT2D eigenvalue weighted by atomic mass is 9.50. The molecule has 0 N–H and O–H groups in total. The van der Waals surface area contributed by atoms with E-state index < -0.39 is 0 Å². The Balaban J connectivity index is 1.40. The van der Waals surface area contributed by atoms with Gasteiger partial charge < -0.3 is 0 Å². The summed E-state index contributed by atoms with van der Waals surface area (Å²) in [5, 5.41) is 0. The van der Waals surface area contributed by atoms with Gasteiger partial charge >= 0.3 is 0 Å². The smallest absolute Gasteiger partial charge is 0.105 e. The van der Waals surface area contributed by atoms with Gasteiger partial charge in [0.2, 0.25) is 0 Å². The van der Waals surface area contributed by atoms with Crippen LogP contribution in [0, 0.1) is 52.8 Å². The molecule has 186 valence electrons. The number of hydrogen-bond donors (Lipinski definition) is 0. The first-order valence-corrected chi connectivity index (χ1v) is 15.9. The molecule has 2 heteroatoms. The van der Waals surface area contributed by atoms with Crippen LogP contribution in [0.3, 0.4) is 0 Å². The molecule has 0 amide bonds. The Morgan fingerprint density at radius 2 is 1.38 bits per heavy atom. The third kappa shape index (κ3) is 3.28. The molecule has 10 atom stereocenters. The summed E-state index contributed by atoms with van der Waals surface area (Å²) >= 11 is 0. The van der Waals surface area contributed by atoms with E-state index in [4.69, 9.17) is 4.99 Å². The fraction of sp³-hybridized carbons (Fsp3) is 0.906. The fourth-order valence-corrected chi connectivity index (χ4v) is 11.6. The average molecular weight is 460 g/mol. The third-order valence-corrected chi connectivity index (χ3v) is 13.0. The Kier molecular flexibility index (Phi) is 5.67. The second kappa shape index (κ2) is 8.51. The Morgan fingerprint density at radius 1 is 0.676 bits per heavy atom. The molecule has 1 aliphatic heterocycles. The molecule has 10 unspecified atom stereocenters. The number of aliphatic imine (C=N–C) groups is 1. The maximum Gasteiger partial charge on any atom is 0.105 e. The van der Waals surface area contributed by atoms with Crippen LogP contribution in [0.2, 0.25) is 5.82 Å². The number of dihydropyridines is 1. The van der Waals surface area contributed by atoms with Gasteiger partial charge in [0, 0.05) is 17.5 Å². The van der Waals surface area contributed by atoms with Crippen molar-refractivity contribution in [2.75, 3.05) is 0 Å². The van der Waals surface area contributed by atoms with Crippen molar-refractivity contribution in [1.29, 1.82) is 0 Å². The van der Waals surface area contributed by atoms with E-state index >= 15 is 0 Å². The van der Waals surface area contributed by atoms with Crippen LogP contribution in [0.25, 0.3) is 0 Å². The van der Waals surface area contributed by atoms with Gasteiger partial charge in [0.05, 0.1) is 6.04 Å². The normalized spacial score (nSPS) is 49.8. The molecule has 0 aromatic heterocycles. The second-order valence-electron chi connectivity index (χ2n) is 14.7. The Labute approximate surface area is 210 Å². The zero-order valence-electron chi connectivity index (χ0n) is 22.5. The minimum atomic E-state index is 0.360. The molecule has 6 fully saturated rings. The summed E-state index contributed by atoms with van der Waals surface area (Å²) in [7, 11) is 2.61. The molecule has 7 aliphatic rings. The molecule has 0 radical (unpaired) electrons. The predicted molar refractivity (Wildman–Crippen MR) is 146 cm³/mol. The first-order valence-electron chi connectivity index (χ1n) is 15.9. The van der Waals surface area contributed by atoms with Crippen molar-refractivity contribution in [3.63, 3.8) is 0 Å². The number of hydrogen-bond acceptors (Lipinski definition) is 1. The molecule has 34 heavy (non-hydrogen) atoms. The summed E-state index contributed by atoms with van der Waals surface area (Å²) in [4.78, 5) is 5.86. The zero-order valence-corrected chi connectivity index (χ0v) is 22.5. The van der Waals surface area contributed by atoms with Gasteiger partial charge in [-0.05, 0) is 91.4 Å². The van der Waals surface area contributed by atoms with Gasteiger partial charge in [-0.15, -0.1) is 0 Å². The first-order chi connectivity index (χ1) is 16.6. The lowest BCUT2D eigenvalue weighted by Gasteiger charge is -2.54. The van der Waals surface area contributed by atoms with Crippen LogP contribution >= 0.6 is 0 Å². The van der Waals surface area contributed by atoms with Crippen molar-refractivity contribution < 1.29 is 0 Å². The van der Waals surface area contributed by atoms with E-state index in [0.29, 0.717) is 11.5 Å². The van der Waals surface area contributed by atoms with Crippen LogP contribution in [-0.2, 0) is 0 Å². The number of rotatable bonds is 1. The van der Waals surface area contributed by atoms with E-state index in [9.17, 15) is 0 Å². The van der Waals surface area contributed by atoms with E-state index in [1.165, 1.54) is 103 Å². The van der Waals surface area contributed by atoms with Crippen LogP contribution < -0.4 is 0 Å². The largest absolute Gasteiger partial charge is 0.285 e. The molecule has 6 aliphatic carbocycles. The van der Waals surface area contributed by atoms with Crippen molar-refractivity contribution in [2.24, 2.45) is 57.8 Å². The van der Waals surface area contributed by atoms with E-state index in [2.05, 4.69) is 27.3 Å². The van der Waals surface area contributed by atoms with Gasteiger partial charge in [-0.25, -0.2) is 0 Å². The topological polar surface area (TPSA) is 12.4 Å². The minimum absolute atomic E-state index is 0.360. The maximum absolute atomic E-state index is 5.86. The van der Waals surface area contributed by atoms with Crippen LogP contribution in [0.4, 0.5) is 0 Å². The van der Waals surface area contributed by atoms with Gasteiger partial charge in [0.1, 0.15) is 7.85 Å². The quantitative estimate of drug-likeness (QED) is 0.355. The number of fused-ring (bicyclic) bond motifs is 7. The van der Waals surface area contributed by atoms with Gasteiger partial charge in [0.25, 0.3) is 0 Å². The number of allylic oxidation sites excluding steroid dienone is 1. The van der Waals surface area contributed by atoms with Crippen molar-refractivity contribution in [2.45, 2.75) is 128 Å². The SMILES string of the molecule is BC1CCC(C2=C3C(=NC4CCC5CCCCC5C24)C2CCCCC2C3(C)C)C2CCCCC12. The molecule has 7 rings (SSSR count). The molecule has 0 spiro atoms. The second-order valence-corrected chi connectivity index (χ2v) is 14.7. The zero-order chi connectivity index (χ0) is 23.0. The molecular formula is C32H50BN. The average Bonchev–Trinajstić information content (AvgIpc) is 3.10. The summed E-state index contributed by atoms with van der Waals surface area (Å²) in [6, 6.07) is 0.644. The highest BCUT2D eigenvalue weighted by molar-refractivity contribution is 6.12. The van der Waals surface area contributed by atoms with Crippen LogP contribution in [0.15, 0.2) is 16.1 Å². The van der Waals surface area contributed by atoms with Crippen molar-refractivity contribution in [1.82, 2.24) is 0 Å². The Hall–Kier alpha value is -0.525. The summed E-state index contributed by atoms with van der Waals surface area (Å²) in [6.07, 6.45) is 23.8. The highest BCUT2D eigenvalue weighted by Crippen LogP contribution is 2.64. The van der Waals surface area contributed by atoms with Gasteiger partial charge in [-0.1, -0.05) is 83.0 Å². The van der Waals surface area contributed by atoms with Crippen LogP contribution in [-0.4, -0.2) is 19.6 Å². The molecule has 1 nitrogen and oxygen atoms in total. The molecule has 1 heterocycles. The lowest BCUT2D eigenvalue weighted by molar-refractivity contribution is 0.0694. The van der Waals surface area contributed by atoms with Crippen molar-refractivity contribution >= 4 is 13.6 Å². The first kappa shape index (κ1) is 22.7. The number of nitrogens with zero attached hydrogens (tertiary/aromatic N) is 1. The van der Waals surface area contributed by atoms with Crippen LogP contribution in [0.5, 0.6) is 0 Å². The molecule has 0 aromatic carbocycles.